The van der Waals surface area contributed by atoms with Crippen LogP contribution in [0.5, 0.6) is 0 Å². The molecule has 0 aliphatic rings. The molecule has 0 bridgehead atoms. The third-order valence-electron chi connectivity index (χ3n) is 2.97. The van der Waals surface area contributed by atoms with Crippen molar-refractivity contribution in [2.45, 2.75) is 18.7 Å². The molecule has 0 aliphatic heterocycles. The largest absolute Gasteiger partial charge is 0.293 e. The highest BCUT2D eigenvalue weighted by molar-refractivity contribution is 8.00. The maximum Gasteiger partial charge on any atom is 0.176 e. The van der Waals surface area contributed by atoms with Crippen LogP contribution in [0.15, 0.2) is 41.3 Å². The molecule has 1 nitrogen and oxygen atoms in total. The number of hydrogen-bond acceptors (Lipinski definition) is 2. The molecule has 0 spiro atoms. The van der Waals surface area contributed by atoms with Crippen LogP contribution in [0.2, 0.25) is 0 Å². The van der Waals surface area contributed by atoms with Gasteiger partial charge in [0, 0.05) is 4.90 Å². The normalized spacial score (nSPS) is 10.6. The number of Topliss-reactive ketones (excluding diaryl/α,β-unsaturated/α-hetero) is 1. The molecule has 0 saturated heterocycles. The van der Waals surface area contributed by atoms with Gasteiger partial charge in [-0.3, -0.25) is 4.79 Å². The summed E-state index contributed by atoms with van der Waals surface area (Å²) in [6, 6.07) is 10.4. The van der Waals surface area contributed by atoms with E-state index in [2.05, 4.69) is 0 Å². The molecular formula is C16H14F2OS. The number of aryl methyl sites for hydroxylation is 2. The van der Waals surface area contributed by atoms with Crippen molar-refractivity contribution in [1.29, 1.82) is 0 Å². The van der Waals surface area contributed by atoms with Crippen molar-refractivity contribution in [2.75, 3.05) is 5.75 Å². The van der Waals surface area contributed by atoms with Crippen LogP contribution < -0.4 is 0 Å². The van der Waals surface area contributed by atoms with E-state index in [9.17, 15) is 13.6 Å². The number of carbonyl (C=O) groups is 1. The zero-order chi connectivity index (χ0) is 14.7. The Kier molecular flexibility index (Phi) is 4.55. The van der Waals surface area contributed by atoms with Gasteiger partial charge in [-0.25, -0.2) is 8.78 Å². The molecule has 0 fully saturated rings. The Hall–Kier alpha value is -1.68. The quantitative estimate of drug-likeness (QED) is 0.607. The fourth-order valence-corrected chi connectivity index (χ4v) is 2.50. The second kappa shape index (κ2) is 6.18. The van der Waals surface area contributed by atoms with Gasteiger partial charge in [0.15, 0.2) is 17.4 Å². The molecule has 0 aromatic heterocycles. The maximum atomic E-state index is 13.7. The van der Waals surface area contributed by atoms with Gasteiger partial charge in [-0.2, -0.15) is 0 Å². The van der Waals surface area contributed by atoms with Crippen LogP contribution in [0, 0.1) is 25.5 Å². The number of rotatable bonds is 4. The van der Waals surface area contributed by atoms with Gasteiger partial charge in [-0.05, 0) is 37.6 Å². The Morgan fingerprint density at radius 1 is 1.00 bits per heavy atom. The lowest BCUT2D eigenvalue weighted by molar-refractivity contribution is 0.101. The lowest BCUT2D eigenvalue weighted by Gasteiger charge is -2.05. The Balaban J connectivity index is 2.09. The van der Waals surface area contributed by atoms with E-state index in [0.717, 1.165) is 10.5 Å². The highest BCUT2D eigenvalue weighted by Crippen LogP contribution is 2.22. The van der Waals surface area contributed by atoms with E-state index in [1.54, 1.807) is 0 Å². The van der Waals surface area contributed by atoms with Crippen molar-refractivity contribution in [3.05, 3.63) is 64.7 Å². The van der Waals surface area contributed by atoms with E-state index in [4.69, 9.17) is 0 Å². The first-order chi connectivity index (χ1) is 9.49. The maximum absolute atomic E-state index is 13.7. The Morgan fingerprint density at radius 2 is 1.65 bits per heavy atom. The van der Waals surface area contributed by atoms with Crippen LogP contribution in [0.3, 0.4) is 0 Å². The lowest BCUT2D eigenvalue weighted by atomic mass is 10.1. The number of carbonyl (C=O) groups excluding carboxylic acids is 1. The summed E-state index contributed by atoms with van der Waals surface area (Å²) in [6.07, 6.45) is 0. The van der Waals surface area contributed by atoms with E-state index in [1.165, 1.54) is 30.8 Å². The Labute approximate surface area is 121 Å². The standard InChI is InChI=1S/C16H14F2OS/c1-10-3-6-12(7-4-10)20-9-14(19)13-8-5-11(2)15(17)16(13)18/h3-8H,9H2,1-2H3. The van der Waals surface area contributed by atoms with E-state index >= 15 is 0 Å². The minimum Gasteiger partial charge on any atom is -0.293 e. The monoisotopic (exact) mass is 292 g/mol. The molecule has 0 unspecified atom stereocenters. The van der Waals surface area contributed by atoms with Crippen LogP contribution in [0.4, 0.5) is 8.78 Å². The van der Waals surface area contributed by atoms with E-state index in [-0.39, 0.29) is 16.9 Å². The van der Waals surface area contributed by atoms with Crippen molar-refractivity contribution in [3.8, 4) is 0 Å². The van der Waals surface area contributed by atoms with Gasteiger partial charge >= 0.3 is 0 Å². The molecule has 0 radical (unpaired) electrons. The average molecular weight is 292 g/mol. The molecule has 0 saturated carbocycles. The van der Waals surface area contributed by atoms with Crippen molar-refractivity contribution in [2.24, 2.45) is 0 Å². The molecule has 2 aromatic carbocycles. The summed E-state index contributed by atoms with van der Waals surface area (Å²) in [5.74, 6) is -2.33. The third-order valence-corrected chi connectivity index (χ3v) is 3.98. The summed E-state index contributed by atoms with van der Waals surface area (Å²) < 4.78 is 27.1. The molecule has 0 heterocycles. The first-order valence-corrected chi connectivity index (χ1v) is 7.15. The molecule has 4 heteroatoms. The van der Waals surface area contributed by atoms with Gasteiger partial charge in [-0.15, -0.1) is 11.8 Å². The first kappa shape index (κ1) is 14.7. The Bertz CT molecular complexity index is 636. The van der Waals surface area contributed by atoms with Gasteiger partial charge in [0.25, 0.3) is 0 Å². The average Bonchev–Trinajstić information content (AvgIpc) is 2.44. The fourth-order valence-electron chi connectivity index (χ4n) is 1.72. The zero-order valence-corrected chi connectivity index (χ0v) is 12.1. The van der Waals surface area contributed by atoms with Crippen LogP contribution in [0.1, 0.15) is 21.5 Å². The summed E-state index contributed by atoms with van der Waals surface area (Å²) in [4.78, 5) is 12.9. The van der Waals surface area contributed by atoms with Crippen molar-refractivity contribution < 1.29 is 13.6 Å². The van der Waals surface area contributed by atoms with Crippen molar-refractivity contribution >= 4 is 17.5 Å². The predicted molar refractivity (Wildman–Crippen MR) is 77.3 cm³/mol. The number of thioether (sulfide) groups is 1. The smallest absolute Gasteiger partial charge is 0.176 e. The summed E-state index contributed by atoms with van der Waals surface area (Å²) in [5.41, 5.74) is 1.14. The van der Waals surface area contributed by atoms with Gasteiger partial charge in [0.2, 0.25) is 0 Å². The molecule has 0 aliphatic carbocycles. The van der Waals surface area contributed by atoms with Crippen LogP contribution in [0.25, 0.3) is 0 Å². The highest BCUT2D eigenvalue weighted by atomic mass is 32.2. The van der Waals surface area contributed by atoms with Crippen LogP contribution >= 0.6 is 11.8 Å². The number of halogens is 2. The van der Waals surface area contributed by atoms with E-state index in [0.29, 0.717) is 0 Å². The molecular weight excluding hydrogens is 278 g/mol. The molecule has 2 aromatic rings. The molecule has 20 heavy (non-hydrogen) atoms. The summed E-state index contributed by atoms with van der Waals surface area (Å²) in [7, 11) is 0. The van der Waals surface area contributed by atoms with Crippen LogP contribution in [-0.4, -0.2) is 11.5 Å². The molecule has 104 valence electrons. The molecule has 0 atom stereocenters. The second-order valence-corrected chi connectivity index (χ2v) is 5.63. The summed E-state index contributed by atoms with van der Waals surface area (Å²) in [5, 5.41) is 0. The minimum atomic E-state index is -1.06. The minimum absolute atomic E-state index is 0.0858. The second-order valence-electron chi connectivity index (χ2n) is 4.58. The third kappa shape index (κ3) is 3.25. The van der Waals surface area contributed by atoms with Gasteiger partial charge < -0.3 is 0 Å². The predicted octanol–water partition coefficient (Wildman–Crippen LogP) is 4.56. The van der Waals surface area contributed by atoms with E-state index < -0.39 is 17.4 Å². The van der Waals surface area contributed by atoms with Crippen molar-refractivity contribution in [1.82, 2.24) is 0 Å². The van der Waals surface area contributed by atoms with Crippen LogP contribution in [-0.2, 0) is 0 Å². The highest BCUT2D eigenvalue weighted by Gasteiger charge is 2.17. The number of benzene rings is 2. The van der Waals surface area contributed by atoms with E-state index in [1.807, 2.05) is 31.2 Å². The summed E-state index contributed by atoms with van der Waals surface area (Å²) >= 11 is 1.31. The fraction of sp³-hybridized carbons (Fsp3) is 0.188. The topological polar surface area (TPSA) is 17.1 Å². The van der Waals surface area contributed by atoms with Gasteiger partial charge in [0.1, 0.15) is 0 Å². The zero-order valence-electron chi connectivity index (χ0n) is 11.2. The lowest BCUT2D eigenvalue weighted by Crippen LogP contribution is -2.07. The SMILES string of the molecule is Cc1ccc(SCC(=O)c2ccc(C)c(F)c2F)cc1. The molecule has 0 N–H and O–H groups in total. The summed E-state index contributed by atoms with van der Waals surface area (Å²) in [6.45, 7) is 3.44. The first-order valence-electron chi connectivity index (χ1n) is 6.16. The van der Waals surface area contributed by atoms with Gasteiger partial charge in [-0.1, -0.05) is 23.8 Å². The van der Waals surface area contributed by atoms with Gasteiger partial charge in [0.05, 0.1) is 11.3 Å². The molecule has 0 amide bonds. The number of hydrogen-bond donors (Lipinski definition) is 0. The molecule has 2 rings (SSSR count). The Morgan fingerprint density at radius 3 is 2.30 bits per heavy atom. The number of ketones is 1. The van der Waals surface area contributed by atoms with Crippen molar-refractivity contribution in [3.63, 3.8) is 0 Å².